The molecule has 6 aromatic carbocycles. The average molecular weight is 966 g/mol. The maximum absolute atomic E-state index is 12.9. The lowest BCUT2D eigenvalue weighted by molar-refractivity contribution is -0.671. The van der Waals surface area contributed by atoms with Gasteiger partial charge in [-0.3, -0.25) is 14.4 Å². The van der Waals surface area contributed by atoms with Gasteiger partial charge in [-0.05, 0) is 123 Å². The van der Waals surface area contributed by atoms with Gasteiger partial charge >= 0.3 is 0 Å². The molecule has 0 radical (unpaired) electrons. The number of nitrogens with one attached hydrogen (secondary N) is 3. The molecular formula is C53H51N5O9S2. The number of amides is 3. The van der Waals surface area contributed by atoms with E-state index in [0.717, 1.165) is 58.9 Å². The van der Waals surface area contributed by atoms with Gasteiger partial charge in [-0.25, -0.2) is 16.8 Å². The molecule has 3 amide bonds. The summed E-state index contributed by atoms with van der Waals surface area (Å²) in [5.74, 6) is -0.816. The van der Waals surface area contributed by atoms with Gasteiger partial charge in [-0.15, -0.1) is 0 Å². The van der Waals surface area contributed by atoms with Crippen LogP contribution in [0.4, 0.5) is 17.1 Å². The van der Waals surface area contributed by atoms with Gasteiger partial charge in [0, 0.05) is 81.6 Å². The first-order chi connectivity index (χ1) is 32.9. The first-order valence-electron chi connectivity index (χ1n) is 22.0. The van der Waals surface area contributed by atoms with Gasteiger partial charge in [-0.1, -0.05) is 49.2 Å². The summed E-state index contributed by atoms with van der Waals surface area (Å²) in [7, 11) is -8.54. The van der Waals surface area contributed by atoms with Crippen molar-refractivity contribution in [1.82, 2.24) is 0 Å². The zero-order valence-corrected chi connectivity index (χ0v) is 40.0. The van der Waals surface area contributed by atoms with E-state index in [1.54, 1.807) is 72.8 Å². The number of rotatable bonds is 12. The molecule has 14 nitrogen and oxygen atoms in total. The summed E-state index contributed by atoms with van der Waals surface area (Å²) < 4.78 is 66.7. The van der Waals surface area contributed by atoms with Crippen LogP contribution in [-0.4, -0.2) is 43.7 Å². The van der Waals surface area contributed by atoms with Crippen LogP contribution in [0, 0.1) is 13.8 Å². The Morgan fingerprint density at radius 3 is 1.10 bits per heavy atom. The van der Waals surface area contributed by atoms with E-state index in [0.29, 0.717) is 33.8 Å². The second kappa shape index (κ2) is 22.9. The number of carbonyl (C=O) groups is 3. The highest BCUT2D eigenvalue weighted by Gasteiger charge is 2.14. The molecule has 2 heterocycles. The van der Waals surface area contributed by atoms with Crippen molar-refractivity contribution in [1.29, 1.82) is 0 Å². The predicted octanol–water partition coefficient (Wildman–Crippen LogP) is 8.94. The standard InChI is InChI=1S/C39H35N5O3.2C7H8O3S/c1-3-21-43-23-5-7-30-25-33(17-19-35(30)43)41-38(46)28-11-9-27(10-12-28)37(45)40-32-15-13-29(14-16-32)39(47)42-34-18-20-36-31(26-34)8-6-24-44(36)22-4-2;2*1-6-2-4-7(5-3-6)11(8,9)10/h5-20,23-26H,3-4,21-22H2,1-2H3,(H-2,40,41,42,45,46,47);2*2-5H,1H3,(H,8,9,10). The Labute approximate surface area is 401 Å². The SMILES string of the molecule is CCC[n+]1cccc2cc(NC(=O)c3ccc(NC(=O)c4ccc(C(=O)Nc5ccc6c(ccc[n+]6CCC)c5)cc4)cc3)ccc21.Cc1ccc(S(=O)(=O)[O-])cc1.Cc1ccc(S(=O)(=O)[O-])cc1. The molecule has 354 valence electrons. The number of hydrogen-bond donors (Lipinski definition) is 3. The summed E-state index contributed by atoms with van der Waals surface area (Å²) in [4.78, 5) is 38.4. The lowest BCUT2D eigenvalue weighted by Gasteiger charge is -2.09. The van der Waals surface area contributed by atoms with Crippen LogP contribution in [0.3, 0.4) is 0 Å². The maximum Gasteiger partial charge on any atom is 0.255 e. The van der Waals surface area contributed by atoms with Crippen molar-refractivity contribution in [2.75, 3.05) is 16.0 Å². The topological polar surface area (TPSA) is 209 Å². The molecule has 8 rings (SSSR count). The monoisotopic (exact) mass is 965 g/mol. The minimum atomic E-state index is -4.27. The van der Waals surface area contributed by atoms with E-state index < -0.39 is 20.2 Å². The molecule has 69 heavy (non-hydrogen) atoms. The first-order valence-corrected chi connectivity index (χ1v) is 24.8. The van der Waals surface area contributed by atoms with Crippen molar-refractivity contribution in [3.05, 3.63) is 198 Å². The van der Waals surface area contributed by atoms with Gasteiger partial charge in [0.1, 0.15) is 33.3 Å². The fourth-order valence-corrected chi connectivity index (χ4v) is 8.02. The van der Waals surface area contributed by atoms with Gasteiger partial charge in [-0.2, -0.15) is 9.13 Å². The van der Waals surface area contributed by atoms with E-state index in [1.165, 1.54) is 24.3 Å². The largest absolute Gasteiger partial charge is 0.744 e. The van der Waals surface area contributed by atoms with Crippen LogP contribution >= 0.6 is 0 Å². The molecule has 8 aromatic rings. The minimum Gasteiger partial charge on any atom is -0.744 e. The predicted molar refractivity (Wildman–Crippen MR) is 264 cm³/mol. The van der Waals surface area contributed by atoms with E-state index in [9.17, 15) is 40.3 Å². The van der Waals surface area contributed by atoms with Crippen molar-refractivity contribution >= 4 is 76.8 Å². The third-order valence-electron chi connectivity index (χ3n) is 10.6. The fourth-order valence-electron chi connectivity index (χ4n) is 7.09. The van der Waals surface area contributed by atoms with Crippen molar-refractivity contribution in [3.63, 3.8) is 0 Å². The number of aromatic nitrogens is 2. The van der Waals surface area contributed by atoms with Crippen LogP contribution in [0.15, 0.2) is 180 Å². The Morgan fingerprint density at radius 2 is 0.768 bits per heavy atom. The molecule has 3 N–H and O–H groups in total. The Hall–Kier alpha value is -7.63. The average Bonchev–Trinajstić information content (AvgIpc) is 3.32. The van der Waals surface area contributed by atoms with E-state index in [2.05, 4.69) is 51.3 Å². The molecule has 0 bridgehead atoms. The zero-order valence-electron chi connectivity index (χ0n) is 38.4. The molecule has 0 aliphatic heterocycles. The highest BCUT2D eigenvalue weighted by atomic mass is 32.2. The number of anilines is 3. The Balaban J connectivity index is 0.000000290. The quantitative estimate of drug-likeness (QED) is 0.0787. The number of hydrogen-bond acceptors (Lipinski definition) is 9. The van der Waals surface area contributed by atoms with Gasteiger partial charge in [0.2, 0.25) is 11.0 Å². The molecule has 16 heteroatoms. The normalized spacial score (nSPS) is 11.1. The summed E-state index contributed by atoms with van der Waals surface area (Å²) in [5, 5.41) is 10.9. The minimum absolute atomic E-state index is 0.178. The Kier molecular flexibility index (Phi) is 16.9. The number of fused-ring (bicyclic) bond motifs is 2. The number of nitrogens with zero attached hydrogens (tertiary/aromatic N) is 2. The van der Waals surface area contributed by atoms with Crippen molar-refractivity contribution in [2.24, 2.45) is 0 Å². The molecule has 0 fully saturated rings. The molecule has 0 spiro atoms. The summed E-state index contributed by atoms with van der Waals surface area (Å²) >= 11 is 0. The second-order valence-corrected chi connectivity index (χ2v) is 18.8. The lowest BCUT2D eigenvalue weighted by atomic mass is 10.1. The van der Waals surface area contributed by atoms with Crippen LogP contribution in [0.1, 0.15) is 68.9 Å². The molecule has 0 atom stereocenters. The highest BCUT2D eigenvalue weighted by Crippen LogP contribution is 2.21. The molecular weight excluding hydrogens is 915 g/mol. The van der Waals surface area contributed by atoms with Crippen LogP contribution < -0.4 is 25.1 Å². The summed E-state index contributed by atoms with van der Waals surface area (Å²) in [6, 6.07) is 44.6. The Bertz CT molecular complexity index is 3260. The Morgan fingerprint density at radius 1 is 0.449 bits per heavy atom. The fraction of sp³-hybridized carbons (Fsp3) is 0.151. The van der Waals surface area contributed by atoms with Gasteiger partial charge in [0.15, 0.2) is 12.4 Å². The smallest absolute Gasteiger partial charge is 0.255 e. The van der Waals surface area contributed by atoms with Crippen LogP contribution in [0.2, 0.25) is 0 Å². The second-order valence-electron chi connectivity index (χ2n) is 16.0. The summed E-state index contributed by atoms with van der Waals surface area (Å²) in [6.07, 6.45) is 6.20. The maximum atomic E-state index is 12.9. The summed E-state index contributed by atoms with van der Waals surface area (Å²) in [6.45, 7) is 9.79. The third-order valence-corrected chi connectivity index (χ3v) is 12.3. The molecule has 0 aliphatic carbocycles. The number of benzene rings is 6. The molecule has 0 unspecified atom stereocenters. The molecule has 0 saturated carbocycles. The number of pyridine rings is 2. The van der Waals surface area contributed by atoms with E-state index >= 15 is 0 Å². The lowest BCUT2D eigenvalue weighted by Crippen LogP contribution is -2.33. The third kappa shape index (κ3) is 14.2. The zero-order chi connectivity index (χ0) is 49.7. The highest BCUT2D eigenvalue weighted by molar-refractivity contribution is 7.86. The van der Waals surface area contributed by atoms with Gasteiger partial charge in [0.05, 0.1) is 9.79 Å². The van der Waals surface area contributed by atoms with Crippen LogP contribution in [0.25, 0.3) is 21.8 Å². The summed E-state index contributed by atoms with van der Waals surface area (Å²) in [5.41, 5.74) is 7.37. The van der Waals surface area contributed by atoms with Crippen molar-refractivity contribution in [3.8, 4) is 0 Å². The van der Waals surface area contributed by atoms with E-state index in [-0.39, 0.29) is 27.5 Å². The van der Waals surface area contributed by atoms with Crippen molar-refractivity contribution < 1.29 is 49.5 Å². The molecule has 0 saturated heterocycles. The molecule has 0 aliphatic rings. The van der Waals surface area contributed by atoms with Crippen LogP contribution in [-0.2, 0) is 33.3 Å². The first kappa shape index (κ1) is 50.8. The molecule has 2 aromatic heterocycles. The number of aryl methyl sites for hydroxylation is 4. The van der Waals surface area contributed by atoms with Gasteiger partial charge < -0.3 is 25.1 Å². The van der Waals surface area contributed by atoms with E-state index in [4.69, 9.17) is 0 Å². The van der Waals surface area contributed by atoms with Crippen molar-refractivity contribution in [2.45, 2.75) is 63.4 Å². The van der Waals surface area contributed by atoms with Crippen LogP contribution in [0.5, 0.6) is 0 Å². The number of carbonyl (C=O) groups excluding carboxylic acids is 3. The van der Waals surface area contributed by atoms with Gasteiger partial charge in [0.25, 0.3) is 17.7 Å². The van der Waals surface area contributed by atoms with E-state index in [1.807, 2.05) is 74.5 Å².